The molecular formula is C7H15NO5S2. The predicted molar refractivity (Wildman–Crippen MR) is 55.5 cm³/mol. The average molecular weight is 257 g/mol. The fourth-order valence-corrected chi connectivity index (χ4v) is 4.30. The minimum Gasteiger partial charge on any atom is -0.315 e. The highest BCUT2D eigenvalue weighted by atomic mass is 32.2. The quantitative estimate of drug-likeness (QED) is 0.646. The molecule has 1 heterocycles. The van der Waals surface area contributed by atoms with E-state index in [0.29, 0.717) is 13.1 Å². The zero-order valence-corrected chi connectivity index (χ0v) is 10.5. The molecule has 1 fully saturated rings. The van der Waals surface area contributed by atoms with Crippen molar-refractivity contribution in [1.82, 2.24) is 5.32 Å². The molecule has 1 saturated heterocycles. The van der Waals surface area contributed by atoms with Gasteiger partial charge < -0.3 is 5.32 Å². The number of sulfone groups is 1. The first-order chi connectivity index (χ1) is 6.55. The molecule has 1 rings (SSSR count). The van der Waals surface area contributed by atoms with Crippen molar-refractivity contribution in [1.29, 1.82) is 0 Å². The van der Waals surface area contributed by atoms with E-state index in [0.717, 1.165) is 12.5 Å². The lowest BCUT2D eigenvalue weighted by Crippen LogP contribution is -2.60. The van der Waals surface area contributed by atoms with Gasteiger partial charge in [-0.05, 0) is 0 Å². The third kappa shape index (κ3) is 3.13. The van der Waals surface area contributed by atoms with Crippen molar-refractivity contribution in [3.05, 3.63) is 0 Å². The fourth-order valence-electron chi connectivity index (χ4n) is 1.55. The zero-order chi connectivity index (χ0) is 11.9. The van der Waals surface area contributed by atoms with Crippen LogP contribution in [0.15, 0.2) is 0 Å². The standard InChI is InChI=1S/C7H15NO5S2/c1-7(4-8-5-7)6(14(2,9)10)13-15(3,11)12/h6,8H,4-5H2,1-3H3. The van der Waals surface area contributed by atoms with E-state index in [1.165, 1.54) is 0 Å². The van der Waals surface area contributed by atoms with Gasteiger partial charge in [0.05, 0.1) is 6.26 Å². The van der Waals surface area contributed by atoms with Crippen LogP contribution in [0.3, 0.4) is 0 Å². The second kappa shape index (κ2) is 3.69. The van der Waals surface area contributed by atoms with Crippen LogP contribution in [-0.4, -0.2) is 47.9 Å². The summed E-state index contributed by atoms with van der Waals surface area (Å²) < 4.78 is 49.5. The molecule has 1 N–H and O–H groups in total. The first-order valence-electron chi connectivity index (χ1n) is 4.32. The van der Waals surface area contributed by atoms with Crippen LogP contribution in [-0.2, 0) is 24.1 Å². The molecule has 0 aromatic rings. The highest BCUT2D eigenvalue weighted by Crippen LogP contribution is 2.32. The summed E-state index contributed by atoms with van der Waals surface area (Å²) in [6.45, 7) is 2.54. The van der Waals surface area contributed by atoms with Gasteiger partial charge in [-0.3, -0.25) is 0 Å². The third-order valence-electron chi connectivity index (χ3n) is 2.28. The maximum atomic E-state index is 11.4. The van der Waals surface area contributed by atoms with Crippen LogP contribution in [0, 0.1) is 5.41 Å². The van der Waals surface area contributed by atoms with Gasteiger partial charge in [0, 0.05) is 24.8 Å². The lowest BCUT2D eigenvalue weighted by atomic mass is 9.85. The van der Waals surface area contributed by atoms with Crippen LogP contribution < -0.4 is 5.32 Å². The molecule has 0 amide bonds. The van der Waals surface area contributed by atoms with Gasteiger partial charge in [0.2, 0.25) is 0 Å². The molecule has 1 aliphatic rings. The van der Waals surface area contributed by atoms with E-state index in [9.17, 15) is 16.8 Å². The van der Waals surface area contributed by atoms with Gasteiger partial charge in [-0.1, -0.05) is 6.92 Å². The first-order valence-corrected chi connectivity index (χ1v) is 8.10. The van der Waals surface area contributed by atoms with Crippen LogP contribution >= 0.6 is 0 Å². The molecule has 1 unspecified atom stereocenters. The lowest BCUT2D eigenvalue weighted by Gasteiger charge is -2.43. The van der Waals surface area contributed by atoms with Crippen molar-refractivity contribution in [3.63, 3.8) is 0 Å². The normalized spacial score (nSPS) is 23.1. The number of hydrogen-bond donors (Lipinski definition) is 1. The highest BCUT2D eigenvalue weighted by molar-refractivity contribution is 7.92. The van der Waals surface area contributed by atoms with Crippen molar-refractivity contribution in [3.8, 4) is 0 Å². The molecule has 0 aromatic carbocycles. The molecule has 0 aliphatic carbocycles. The van der Waals surface area contributed by atoms with Gasteiger partial charge in [-0.15, -0.1) is 0 Å². The Hall–Kier alpha value is -0.180. The van der Waals surface area contributed by atoms with Crippen molar-refractivity contribution in [2.24, 2.45) is 5.41 Å². The average Bonchev–Trinajstić information content (AvgIpc) is 1.92. The monoisotopic (exact) mass is 257 g/mol. The minimum absolute atomic E-state index is 0.431. The van der Waals surface area contributed by atoms with Crippen molar-refractivity contribution < 1.29 is 21.0 Å². The molecule has 90 valence electrons. The van der Waals surface area contributed by atoms with Gasteiger partial charge in [0.15, 0.2) is 15.3 Å². The SMILES string of the molecule is CC1(C(OS(C)(=O)=O)S(C)(=O)=O)CNC1. The molecule has 1 atom stereocenters. The maximum Gasteiger partial charge on any atom is 0.265 e. The van der Waals surface area contributed by atoms with Crippen molar-refractivity contribution >= 4 is 20.0 Å². The van der Waals surface area contributed by atoms with Gasteiger partial charge in [0.25, 0.3) is 10.1 Å². The minimum atomic E-state index is -3.77. The lowest BCUT2D eigenvalue weighted by molar-refractivity contribution is 0.0753. The van der Waals surface area contributed by atoms with Crippen LogP contribution in [0.1, 0.15) is 6.92 Å². The summed E-state index contributed by atoms with van der Waals surface area (Å²) in [5, 5.41) is 2.90. The molecule has 6 nitrogen and oxygen atoms in total. The number of rotatable bonds is 4. The summed E-state index contributed by atoms with van der Waals surface area (Å²) in [7, 11) is -7.33. The zero-order valence-electron chi connectivity index (χ0n) is 8.85. The maximum absolute atomic E-state index is 11.4. The molecule has 0 bridgehead atoms. The predicted octanol–water partition coefficient (Wildman–Crippen LogP) is -1.06. The fraction of sp³-hybridized carbons (Fsp3) is 1.00. The molecule has 15 heavy (non-hydrogen) atoms. The first kappa shape index (κ1) is 12.9. The van der Waals surface area contributed by atoms with E-state index in [-0.39, 0.29) is 0 Å². The van der Waals surface area contributed by atoms with E-state index in [1.807, 2.05) is 0 Å². The molecule has 0 spiro atoms. The van der Waals surface area contributed by atoms with E-state index in [2.05, 4.69) is 9.50 Å². The summed E-state index contributed by atoms with van der Waals surface area (Å²) >= 11 is 0. The smallest absolute Gasteiger partial charge is 0.265 e. The largest absolute Gasteiger partial charge is 0.315 e. The summed E-state index contributed by atoms with van der Waals surface area (Å²) in [6.07, 6.45) is 1.83. The Bertz CT molecular complexity index is 434. The van der Waals surface area contributed by atoms with E-state index in [1.54, 1.807) is 6.92 Å². The topological polar surface area (TPSA) is 89.5 Å². The highest BCUT2D eigenvalue weighted by Gasteiger charge is 2.48. The second-order valence-electron chi connectivity index (χ2n) is 4.22. The Labute approximate surface area is 90.0 Å². The Balaban J connectivity index is 3.00. The summed E-state index contributed by atoms with van der Waals surface area (Å²) in [5.41, 5.74) is -1.97. The summed E-state index contributed by atoms with van der Waals surface area (Å²) in [6, 6.07) is 0. The molecule has 0 aromatic heterocycles. The van der Waals surface area contributed by atoms with Crippen LogP contribution in [0.5, 0.6) is 0 Å². The second-order valence-corrected chi connectivity index (χ2v) is 7.91. The van der Waals surface area contributed by atoms with E-state index < -0.39 is 30.8 Å². The van der Waals surface area contributed by atoms with Crippen molar-refractivity contribution in [2.75, 3.05) is 25.6 Å². The Morgan fingerprint density at radius 2 is 1.67 bits per heavy atom. The van der Waals surface area contributed by atoms with E-state index >= 15 is 0 Å². The van der Waals surface area contributed by atoms with Crippen molar-refractivity contribution in [2.45, 2.75) is 12.4 Å². The summed E-state index contributed by atoms with van der Waals surface area (Å²) in [5.74, 6) is 0. The molecule has 1 aliphatic heterocycles. The van der Waals surface area contributed by atoms with Gasteiger partial charge in [-0.25, -0.2) is 12.6 Å². The van der Waals surface area contributed by atoms with E-state index in [4.69, 9.17) is 0 Å². The van der Waals surface area contributed by atoms with Crippen LogP contribution in [0.2, 0.25) is 0 Å². The van der Waals surface area contributed by atoms with Crippen LogP contribution in [0.25, 0.3) is 0 Å². The Morgan fingerprint density at radius 3 is 1.87 bits per heavy atom. The van der Waals surface area contributed by atoms with Gasteiger partial charge >= 0.3 is 0 Å². The molecule has 0 saturated carbocycles. The molecular weight excluding hydrogens is 242 g/mol. The Kier molecular flexibility index (Phi) is 3.17. The van der Waals surface area contributed by atoms with Crippen LogP contribution in [0.4, 0.5) is 0 Å². The summed E-state index contributed by atoms with van der Waals surface area (Å²) in [4.78, 5) is 0. The third-order valence-corrected chi connectivity index (χ3v) is 4.38. The number of hydrogen-bond acceptors (Lipinski definition) is 6. The van der Waals surface area contributed by atoms with Gasteiger partial charge in [0.1, 0.15) is 0 Å². The molecule has 0 radical (unpaired) electrons. The number of nitrogens with one attached hydrogen (secondary N) is 1. The Morgan fingerprint density at radius 1 is 1.20 bits per heavy atom. The van der Waals surface area contributed by atoms with Gasteiger partial charge in [-0.2, -0.15) is 8.42 Å². The molecule has 8 heteroatoms.